The molecule has 0 unspecified atom stereocenters. The summed E-state index contributed by atoms with van der Waals surface area (Å²) in [7, 11) is 0. The van der Waals surface area contributed by atoms with Gasteiger partial charge in [-0.05, 0) is 43.3 Å². The fraction of sp³-hybridized carbons (Fsp3) is 0.130. The smallest absolute Gasteiger partial charge is 0.374 e. The first-order chi connectivity index (χ1) is 14.2. The number of para-hydroxylation sites is 1. The predicted molar refractivity (Wildman–Crippen MR) is 105 cm³/mol. The Bertz CT molecular complexity index is 1080. The largest absolute Gasteiger partial charge is 0.486 e. The number of aryl methyl sites for hydroxylation is 1. The highest BCUT2D eigenvalue weighted by atomic mass is 16.5. The van der Waals surface area contributed by atoms with Gasteiger partial charge in [0.15, 0.2) is 0 Å². The fourth-order valence-corrected chi connectivity index (χ4v) is 2.71. The Morgan fingerprint density at radius 2 is 1.62 bits per heavy atom. The van der Waals surface area contributed by atoms with Crippen molar-refractivity contribution in [3.63, 3.8) is 0 Å². The number of rotatable bonds is 7. The second kappa shape index (κ2) is 8.48. The molecule has 6 heteroatoms. The van der Waals surface area contributed by atoms with Gasteiger partial charge in [0.2, 0.25) is 11.7 Å². The van der Waals surface area contributed by atoms with Gasteiger partial charge in [0, 0.05) is 5.56 Å². The maximum absolute atomic E-state index is 12.3. The molecule has 2 heterocycles. The molecule has 0 atom stereocenters. The lowest BCUT2D eigenvalue weighted by molar-refractivity contribution is 0.0426. The zero-order valence-corrected chi connectivity index (χ0v) is 15.8. The van der Waals surface area contributed by atoms with Crippen molar-refractivity contribution in [2.75, 3.05) is 0 Å². The van der Waals surface area contributed by atoms with E-state index in [1.807, 2.05) is 60.7 Å². The summed E-state index contributed by atoms with van der Waals surface area (Å²) in [6.07, 6.45) is 0. The average Bonchev–Trinajstić information content (AvgIpc) is 3.39. The molecule has 0 radical (unpaired) electrons. The van der Waals surface area contributed by atoms with E-state index >= 15 is 0 Å². The van der Waals surface area contributed by atoms with Crippen LogP contribution < -0.4 is 4.74 Å². The first kappa shape index (κ1) is 18.6. The Balaban J connectivity index is 1.34. The maximum atomic E-state index is 12.3. The van der Waals surface area contributed by atoms with Crippen molar-refractivity contribution < 1.29 is 23.1 Å². The summed E-state index contributed by atoms with van der Waals surface area (Å²) < 4.78 is 22.1. The first-order valence-electron chi connectivity index (χ1n) is 9.14. The normalized spacial score (nSPS) is 10.7. The van der Waals surface area contributed by atoms with Gasteiger partial charge in [-0.3, -0.25) is 0 Å². The summed E-state index contributed by atoms with van der Waals surface area (Å²) in [5.74, 6) is 1.90. The van der Waals surface area contributed by atoms with E-state index in [1.54, 1.807) is 19.1 Å². The molecule has 0 amide bonds. The monoisotopic (exact) mass is 389 g/mol. The number of ether oxygens (including phenoxy) is 2. The minimum absolute atomic E-state index is 0.00243. The third-order valence-corrected chi connectivity index (χ3v) is 4.24. The molecule has 0 saturated carbocycles. The minimum Gasteiger partial charge on any atom is -0.486 e. The van der Waals surface area contributed by atoms with E-state index in [2.05, 4.69) is 4.98 Å². The number of carbonyl (C=O) groups excluding carboxylic acids is 1. The van der Waals surface area contributed by atoms with E-state index in [0.29, 0.717) is 23.1 Å². The molecule has 4 rings (SSSR count). The summed E-state index contributed by atoms with van der Waals surface area (Å²) in [4.78, 5) is 16.7. The van der Waals surface area contributed by atoms with Crippen LogP contribution in [0, 0.1) is 6.92 Å². The summed E-state index contributed by atoms with van der Waals surface area (Å²) in [6.45, 7) is 2.01. The summed E-state index contributed by atoms with van der Waals surface area (Å²) in [5.41, 5.74) is 1.43. The summed E-state index contributed by atoms with van der Waals surface area (Å²) in [5, 5.41) is 0. The number of oxazole rings is 1. The zero-order valence-electron chi connectivity index (χ0n) is 15.8. The molecule has 0 saturated heterocycles. The van der Waals surface area contributed by atoms with Gasteiger partial charge in [0.25, 0.3) is 0 Å². The Morgan fingerprint density at radius 1 is 0.897 bits per heavy atom. The molecule has 0 spiro atoms. The fourth-order valence-electron chi connectivity index (χ4n) is 2.71. The van der Waals surface area contributed by atoms with Crippen LogP contribution in [-0.2, 0) is 18.0 Å². The highest BCUT2D eigenvalue weighted by Crippen LogP contribution is 2.22. The highest BCUT2D eigenvalue weighted by molar-refractivity contribution is 5.86. The molecule has 146 valence electrons. The van der Waals surface area contributed by atoms with Crippen LogP contribution in [0.2, 0.25) is 0 Å². The lowest BCUT2D eigenvalue weighted by Gasteiger charge is -2.03. The van der Waals surface area contributed by atoms with Crippen LogP contribution in [0.4, 0.5) is 0 Å². The predicted octanol–water partition coefficient (Wildman–Crippen LogP) is 5.18. The molecule has 0 bridgehead atoms. The van der Waals surface area contributed by atoms with Gasteiger partial charge in [-0.25, -0.2) is 9.78 Å². The molecule has 0 aliphatic rings. The van der Waals surface area contributed by atoms with Crippen molar-refractivity contribution in [1.29, 1.82) is 0 Å². The molecular weight excluding hydrogens is 370 g/mol. The third kappa shape index (κ3) is 4.55. The van der Waals surface area contributed by atoms with E-state index in [0.717, 1.165) is 11.3 Å². The molecule has 6 nitrogen and oxygen atoms in total. The van der Waals surface area contributed by atoms with E-state index in [-0.39, 0.29) is 19.0 Å². The third-order valence-electron chi connectivity index (χ3n) is 4.24. The average molecular weight is 389 g/mol. The van der Waals surface area contributed by atoms with Gasteiger partial charge < -0.3 is 18.3 Å². The second-order valence-electron chi connectivity index (χ2n) is 6.33. The van der Waals surface area contributed by atoms with Crippen molar-refractivity contribution in [2.24, 2.45) is 0 Å². The zero-order chi connectivity index (χ0) is 20.1. The number of hydrogen-bond acceptors (Lipinski definition) is 6. The number of hydrogen-bond donors (Lipinski definition) is 0. The maximum Gasteiger partial charge on any atom is 0.374 e. The number of furan rings is 1. The van der Waals surface area contributed by atoms with E-state index in [4.69, 9.17) is 18.3 Å². The first-order valence-corrected chi connectivity index (χ1v) is 9.14. The van der Waals surface area contributed by atoms with Crippen molar-refractivity contribution in [2.45, 2.75) is 20.1 Å². The topological polar surface area (TPSA) is 74.7 Å². The van der Waals surface area contributed by atoms with Gasteiger partial charge in [-0.1, -0.05) is 36.4 Å². The van der Waals surface area contributed by atoms with Crippen LogP contribution >= 0.6 is 0 Å². The molecule has 0 aliphatic heterocycles. The van der Waals surface area contributed by atoms with Gasteiger partial charge in [0.05, 0.1) is 0 Å². The Morgan fingerprint density at radius 3 is 2.38 bits per heavy atom. The van der Waals surface area contributed by atoms with Crippen molar-refractivity contribution >= 4 is 5.97 Å². The van der Waals surface area contributed by atoms with Crippen LogP contribution in [0.3, 0.4) is 0 Å². The highest BCUT2D eigenvalue weighted by Gasteiger charge is 2.17. The Kier molecular flexibility index (Phi) is 5.42. The van der Waals surface area contributed by atoms with Crippen LogP contribution in [0.5, 0.6) is 5.75 Å². The molecule has 2 aromatic carbocycles. The summed E-state index contributed by atoms with van der Waals surface area (Å²) >= 11 is 0. The molecule has 0 aliphatic carbocycles. The standard InChI is InChI=1S/C23H19NO5/c1-16-20(24-22(28-16)17-8-4-2-5-9-17)15-27-23(25)21-13-12-19(29-21)14-26-18-10-6-3-7-11-18/h2-13H,14-15H2,1H3. The van der Waals surface area contributed by atoms with E-state index in [1.165, 1.54) is 0 Å². The Labute approximate surface area is 167 Å². The van der Waals surface area contributed by atoms with Crippen LogP contribution in [-0.4, -0.2) is 11.0 Å². The molecule has 2 aromatic heterocycles. The lowest BCUT2D eigenvalue weighted by Crippen LogP contribution is -2.05. The number of carbonyl (C=O) groups is 1. The molecule has 0 fully saturated rings. The molecule has 0 N–H and O–H groups in total. The molecule has 4 aromatic rings. The molecular formula is C23H19NO5. The van der Waals surface area contributed by atoms with Gasteiger partial charge >= 0.3 is 5.97 Å². The van der Waals surface area contributed by atoms with Gasteiger partial charge in [0.1, 0.15) is 36.2 Å². The van der Waals surface area contributed by atoms with E-state index in [9.17, 15) is 4.79 Å². The van der Waals surface area contributed by atoms with Crippen LogP contribution in [0.15, 0.2) is 81.6 Å². The van der Waals surface area contributed by atoms with Gasteiger partial charge in [-0.2, -0.15) is 0 Å². The number of esters is 1. The van der Waals surface area contributed by atoms with E-state index < -0.39 is 5.97 Å². The number of nitrogens with zero attached hydrogens (tertiary/aromatic N) is 1. The van der Waals surface area contributed by atoms with Gasteiger partial charge in [-0.15, -0.1) is 0 Å². The van der Waals surface area contributed by atoms with Crippen molar-refractivity contribution in [3.05, 3.63) is 95.8 Å². The minimum atomic E-state index is -0.570. The number of aromatic nitrogens is 1. The quantitative estimate of drug-likeness (QED) is 0.406. The Hall–Kier alpha value is -3.80. The van der Waals surface area contributed by atoms with Crippen LogP contribution in [0.25, 0.3) is 11.5 Å². The number of benzene rings is 2. The SMILES string of the molecule is Cc1oc(-c2ccccc2)nc1COC(=O)c1ccc(COc2ccccc2)o1. The second-order valence-corrected chi connectivity index (χ2v) is 6.33. The summed E-state index contributed by atoms with van der Waals surface area (Å²) in [6, 6.07) is 22.2. The van der Waals surface area contributed by atoms with Crippen LogP contribution in [0.1, 0.15) is 27.8 Å². The molecule has 29 heavy (non-hydrogen) atoms. The van der Waals surface area contributed by atoms with Crippen molar-refractivity contribution in [1.82, 2.24) is 4.98 Å². The van der Waals surface area contributed by atoms with Crippen molar-refractivity contribution in [3.8, 4) is 17.2 Å². The lowest BCUT2D eigenvalue weighted by atomic mass is 10.2.